The van der Waals surface area contributed by atoms with Crippen molar-refractivity contribution in [2.45, 2.75) is 39.7 Å². The molecular weight excluding hydrogens is 280 g/mol. The molecule has 2 aromatic rings. The van der Waals surface area contributed by atoms with Gasteiger partial charge in [-0.25, -0.2) is 4.98 Å². The van der Waals surface area contributed by atoms with E-state index in [2.05, 4.69) is 31.3 Å². The molecule has 0 saturated heterocycles. The minimum atomic E-state index is 0.893. The van der Waals surface area contributed by atoms with Crippen molar-refractivity contribution in [1.29, 1.82) is 0 Å². The van der Waals surface area contributed by atoms with Crippen molar-refractivity contribution in [2.24, 2.45) is 0 Å². The van der Waals surface area contributed by atoms with Gasteiger partial charge in [0.25, 0.3) is 0 Å². The molecule has 4 heteroatoms. The highest BCUT2D eigenvalue weighted by atomic mass is 32.1. The van der Waals surface area contributed by atoms with Crippen LogP contribution in [0.15, 0.2) is 24.3 Å². The lowest BCUT2D eigenvalue weighted by Crippen LogP contribution is -2.14. The molecule has 0 aliphatic rings. The number of hydrogen-bond acceptors (Lipinski definition) is 4. The predicted molar refractivity (Wildman–Crippen MR) is 89.3 cm³/mol. The molecule has 21 heavy (non-hydrogen) atoms. The monoisotopic (exact) mass is 304 g/mol. The van der Waals surface area contributed by atoms with E-state index in [0.29, 0.717) is 0 Å². The zero-order valence-corrected chi connectivity index (χ0v) is 13.9. The van der Waals surface area contributed by atoms with Crippen molar-refractivity contribution in [3.63, 3.8) is 0 Å². The Bertz CT molecular complexity index is 548. The van der Waals surface area contributed by atoms with Crippen molar-refractivity contribution in [3.8, 4) is 5.75 Å². The van der Waals surface area contributed by atoms with Crippen LogP contribution in [-0.2, 0) is 13.0 Å². The first-order valence-corrected chi connectivity index (χ1v) is 8.33. The average molecular weight is 304 g/mol. The lowest BCUT2D eigenvalue weighted by Gasteiger charge is -2.02. The van der Waals surface area contributed by atoms with E-state index in [0.717, 1.165) is 31.0 Å². The summed E-state index contributed by atoms with van der Waals surface area (Å²) in [4.78, 5) is 6.05. The SMILES string of the molecule is CCCCNCc1sc(Cc2ccc(OC)cc2)nc1C. The minimum Gasteiger partial charge on any atom is -0.497 e. The van der Waals surface area contributed by atoms with Crippen LogP contribution in [0.5, 0.6) is 5.75 Å². The topological polar surface area (TPSA) is 34.1 Å². The fraction of sp³-hybridized carbons (Fsp3) is 0.471. The molecule has 1 heterocycles. The van der Waals surface area contributed by atoms with E-state index in [4.69, 9.17) is 9.72 Å². The maximum Gasteiger partial charge on any atom is 0.118 e. The summed E-state index contributed by atoms with van der Waals surface area (Å²) < 4.78 is 5.19. The van der Waals surface area contributed by atoms with Gasteiger partial charge in [0, 0.05) is 17.8 Å². The van der Waals surface area contributed by atoms with Gasteiger partial charge >= 0.3 is 0 Å². The number of thiazole rings is 1. The molecule has 0 amide bonds. The van der Waals surface area contributed by atoms with E-state index in [1.165, 1.54) is 28.3 Å². The van der Waals surface area contributed by atoms with Crippen molar-refractivity contribution in [1.82, 2.24) is 10.3 Å². The number of aryl methyl sites for hydroxylation is 1. The van der Waals surface area contributed by atoms with Gasteiger partial charge in [-0.1, -0.05) is 25.5 Å². The molecule has 1 aromatic heterocycles. The van der Waals surface area contributed by atoms with Gasteiger partial charge in [0.05, 0.1) is 17.8 Å². The number of ether oxygens (including phenoxy) is 1. The summed E-state index contributed by atoms with van der Waals surface area (Å²) in [5.74, 6) is 0.898. The van der Waals surface area contributed by atoms with Crippen LogP contribution >= 0.6 is 11.3 Å². The first kappa shape index (κ1) is 16.0. The molecule has 114 valence electrons. The molecule has 3 nitrogen and oxygen atoms in total. The van der Waals surface area contributed by atoms with Crippen molar-refractivity contribution < 1.29 is 4.74 Å². The standard InChI is InChI=1S/C17H24N2OS/c1-4-5-10-18-12-16-13(2)19-17(21-16)11-14-6-8-15(20-3)9-7-14/h6-9,18H,4-5,10-12H2,1-3H3. The number of methoxy groups -OCH3 is 1. The Balaban J connectivity index is 1.94. The summed E-state index contributed by atoms with van der Waals surface area (Å²) in [6.45, 7) is 6.34. The highest BCUT2D eigenvalue weighted by Crippen LogP contribution is 2.21. The van der Waals surface area contributed by atoms with Crippen LogP contribution < -0.4 is 10.1 Å². The molecular formula is C17H24N2OS. The normalized spacial score (nSPS) is 10.8. The number of rotatable bonds is 8. The zero-order valence-electron chi connectivity index (χ0n) is 13.1. The summed E-state index contributed by atoms with van der Waals surface area (Å²) in [5.41, 5.74) is 2.43. The molecule has 0 radical (unpaired) electrons. The molecule has 0 atom stereocenters. The summed E-state index contributed by atoms with van der Waals surface area (Å²) in [7, 11) is 1.69. The number of nitrogens with zero attached hydrogens (tertiary/aromatic N) is 1. The fourth-order valence-corrected chi connectivity index (χ4v) is 3.22. The molecule has 1 N–H and O–H groups in total. The maximum atomic E-state index is 5.19. The average Bonchev–Trinajstić information content (AvgIpc) is 2.84. The molecule has 0 unspecified atom stereocenters. The van der Waals surface area contributed by atoms with E-state index in [9.17, 15) is 0 Å². The molecule has 0 saturated carbocycles. The Kier molecular flexibility index (Phi) is 6.21. The molecule has 0 aliphatic carbocycles. The van der Waals surface area contributed by atoms with Gasteiger partial charge < -0.3 is 10.1 Å². The summed E-state index contributed by atoms with van der Waals surface area (Å²) in [5, 5.41) is 4.67. The molecule has 0 bridgehead atoms. The van der Waals surface area contributed by atoms with Gasteiger partial charge in [-0.05, 0) is 37.6 Å². The second-order valence-corrected chi connectivity index (χ2v) is 6.34. The number of hydrogen-bond donors (Lipinski definition) is 1. The Hall–Kier alpha value is -1.39. The number of nitrogens with one attached hydrogen (secondary N) is 1. The van der Waals surface area contributed by atoms with Crippen LogP contribution in [0, 0.1) is 6.92 Å². The van der Waals surface area contributed by atoms with Gasteiger partial charge in [-0.2, -0.15) is 0 Å². The van der Waals surface area contributed by atoms with Crippen LogP contribution in [0.1, 0.15) is 40.9 Å². The summed E-state index contributed by atoms with van der Waals surface area (Å²) >= 11 is 1.82. The van der Waals surface area contributed by atoms with Gasteiger partial charge in [0.15, 0.2) is 0 Å². The smallest absolute Gasteiger partial charge is 0.118 e. The number of unbranched alkanes of at least 4 members (excludes halogenated alkanes) is 1. The highest BCUT2D eigenvalue weighted by Gasteiger charge is 2.08. The summed E-state index contributed by atoms with van der Waals surface area (Å²) in [6.07, 6.45) is 3.36. The van der Waals surface area contributed by atoms with E-state index in [1.807, 2.05) is 23.5 Å². The van der Waals surface area contributed by atoms with E-state index in [1.54, 1.807) is 7.11 Å². The first-order valence-electron chi connectivity index (χ1n) is 7.51. The van der Waals surface area contributed by atoms with Crippen molar-refractivity contribution in [3.05, 3.63) is 45.4 Å². The zero-order chi connectivity index (χ0) is 15.1. The van der Waals surface area contributed by atoms with Crippen molar-refractivity contribution in [2.75, 3.05) is 13.7 Å². The summed E-state index contributed by atoms with van der Waals surface area (Å²) in [6, 6.07) is 8.22. The third kappa shape index (κ3) is 4.83. The molecule has 0 spiro atoms. The Morgan fingerprint density at radius 2 is 2.00 bits per heavy atom. The van der Waals surface area contributed by atoms with E-state index in [-0.39, 0.29) is 0 Å². The third-order valence-corrected chi connectivity index (χ3v) is 4.60. The largest absolute Gasteiger partial charge is 0.497 e. The number of aromatic nitrogens is 1. The quantitative estimate of drug-likeness (QED) is 0.750. The molecule has 1 aromatic carbocycles. The van der Waals surface area contributed by atoms with Crippen molar-refractivity contribution >= 4 is 11.3 Å². The third-order valence-electron chi connectivity index (χ3n) is 3.44. The highest BCUT2D eigenvalue weighted by molar-refractivity contribution is 7.11. The van der Waals surface area contributed by atoms with Crippen LogP contribution in [-0.4, -0.2) is 18.6 Å². The number of benzene rings is 1. The molecule has 0 aliphatic heterocycles. The second-order valence-electron chi connectivity index (χ2n) is 5.17. The molecule has 0 fully saturated rings. The minimum absolute atomic E-state index is 0.893. The van der Waals surface area contributed by atoms with Crippen LogP contribution in [0.25, 0.3) is 0 Å². The first-order chi connectivity index (χ1) is 10.2. The predicted octanol–water partition coefficient (Wildman–Crippen LogP) is 3.94. The van der Waals surface area contributed by atoms with Crippen LogP contribution in [0.3, 0.4) is 0 Å². The molecule has 2 rings (SSSR count). The van der Waals surface area contributed by atoms with Gasteiger partial charge in [0.1, 0.15) is 5.75 Å². The van der Waals surface area contributed by atoms with Crippen LogP contribution in [0.4, 0.5) is 0 Å². The Morgan fingerprint density at radius 3 is 2.67 bits per heavy atom. The Labute approximate surface area is 131 Å². The lowest BCUT2D eigenvalue weighted by atomic mass is 10.1. The van der Waals surface area contributed by atoms with Gasteiger partial charge in [-0.3, -0.25) is 0 Å². The lowest BCUT2D eigenvalue weighted by molar-refractivity contribution is 0.414. The Morgan fingerprint density at radius 1 is 1.24 bits per heavy atom. The van der Waals surface area contributed by atoms with E-state index < -0.39 is 0 Å². The fourth-order valence-electron chi connectivity index (χ4n) is 2.15. The van der Waals surface area contributed by atoms with Crippen LogP contribution in [0.2, 0.25) is 0 Å². The maximum absolute atomic E-state index is 5.19. The van der Waals surface area contributed by atoms with E-state index >= 15 is 0 Å². The second kappa shape index (κ2) is 8.15. The van der Waals surface area contributed by atoms with Gasteiger partial charge in [-0.15, -0.1) is 11.3 Å². The van der Waals surface area contributed by atoms with Gasteiger partial charge in [0.2, 0.25) is 0 Å².